The van der Waals surface area contributed by atoms with Gasteiger partial charge in [-0.3, -0.25) is 9.36 Å². The van der Waals surface area contributed by atoms with Crippen LogP contribution in [0.3, 0.4) is 0 Å². The van der Waals surface area contributed by atoms with Crippen LogP contribution in [0.4, 0.5) is 0 Å². The van der Waals surface area contributed by atoms with E-state index in [2.05, 4.69) is 13.8 Å². The predicted octanol–water partition coefficient (Wildman–Crippen LogP) is 5.16. The minimum atomic E-state index is -3.13. The zero-order chi connectivity index (χ0) is 23.5. The molecule has 0 radical (unpaired) electrons. The van der Waals surface area contributed by atoms with Crippen molar-refractivity contribution in [3.63, 3.8) is 0 Å². The van der Waals surface area contributed by atoms with Gasteiger partial charge in [-0.1, -0.05) is 52.4 Å². The van der Waals surface area contributed by atoms with Crippen LogP contribution >= 0.6 is 7.67 Å². The monoisotopic (exact) mass is 461 g/mol. The molecule has 1 saturated heterocycles. The minimum Gasteiger partial charge on any atom is -0.366 e. The van der Waals surface area contributed by atoms with Crippen molar-refractivity contribution >= 4 is 13.6 Å². The van der Waals surface area contributed by atoms with Gasteiger partial charge in [-0.15, -0.1) is 0 Å². The molecule has 31 heavy (non-hydrogen) atoms. The van der Waals surface area contributed by atoms with Gasteiger partial charge in [0.2, 0.25) is 0 Å². The molecule has 0 N–H and O–H groups in total. The Morgan fingerprint density at radius 1 is 0.968 bits per heavy atom. The summed E-state index contributed by atoms with van der Waals surface area (Å²) >= 11 is 0. The molecule has 1 aliphatic rings. The van der Waals surface area contributed by atoms with E-state index in [0.717, 1.165) is 25.7 Å². The minimum absolute atomic E-state index is 0.00876. The van der Waals surface area contributed by atoms with Gasteiger partial charge in [0.15, 0.2) is 0 Å². The van der Waals surface area contributed by atoms with Crippen LogP contribution in [0, 0.1) is 0 Å². The molecule has 0 aromatic rings. The topological polar surface area (TPSA) is 62.3 Å². The Labute approximate surface area is 191 Å². The highest BCUT2D eigenvalue weighted by atomic mass is 31.2. The van der Waals surface area contributed by atoms with E-state index in [9.17, 15) is 9.36 Å². The Kier molecular flexibility index (Phi) is 12.9. The van der Waals surface area contributed by atoms with Crippen LogP contribution in [0.15, 0.2) is 0 Å². The molecule has 8 heteroatoms. The molecule has 2 unspecified atom stereocenters. The quantitative estimate of drug-likeness (QED) is 0.248. The average molecular weight is 462 g/mol. The first kappa shape index (κ1) is 28.6. The SMILES string of the molecule is CCCCCCCC(CCC)OP(=O)(N(C)C)N1CCN(C(=O)C(C)(C)OCC)CC1. The van der Waals surface area contributed by atoms with E-state index in [4.69, 9.17) is 9.26 Å². The normalized spacial score (nSPS) is 18.9. The van der Waals surface area contributed by atoms with Crippen LogP contribution in [0.25, 0.3) is 0 Å². The third-order valence-electron chi connectivity index (χ3n) is 5.95. The summed E-state index contributed by atoms with van der Waals surface area (Å²) in [5.41, 5.74) is -0.831. The molecule has 1 amide bonds. The third-order valence-corrected chi connectivity index (χ3v) is 8.65. The van der Waals surface area contributed by atoms with Gasteiger partial charge in [0, 0.05) is 32.8 Å². The lowest BCUT2D eigenvalue weighted by Gasteiger charge is -2.43. The standard InChI is InChI=1S/C23H48N3O4P/c1-8-11-12-13-14-16-21(15-9-2)30-31(28,24(6)7)26-19-17-25(18-20-26)22(27)23(4,5)29-10-3/h21H,8-20H2,1-7H3. The Bertz CT molecular complexity index is 563. The Morgan fingerprint density at radius 2 is 1.58 bits per heavy atom. The number of rotatable bonds is 15. The van der Waals surface area contributed by atoms with E-state index in [1.54, 1.807) is 4.67 Å². The largest absolute Gasteiger partial charge is 0.366 e. The second-order valence-electron chi connectivity index (χ2n) is 9.25. The number of unbranched alkanes of at least 4 members (excludes halogenated alkanes) is 4. The number of piperazine rings is 1. The summed E-state index contributed by atoms with van der Waals surface area (Å²) in [6, 6.07) is 0. The van der Waals surface area contributed by atoms with E-state index >= 15 is 0 Å². The van der Waals surface area contributed by atoms with E-state index in [0.29, 0.717) is 32.8 Å². The molecule has 0 bridgehead atoms. The van der Waals surface area contributed by atoms with E-state index in [1.165, 1.54) is 25.7 Å². The predicted molar refractivity (Wildman–Crippen MR) is 128 cm³/mol. The Balaban J connectivity index is 2.74. The molecular weight excluding hydrogens is 413 g/mol. The van der Waals surface area contributed by atoms with Gasteiger partial charge in [-0.05, 0) is 47.7 Å². The van der Waals surface area contributed by atoms with Crippen molar-refractivity contribution in [1.82, 2.24) is 14.2 Å². The van der Waals surface area contributed by atoms with Crippen molar-refractivity contribution < 1.29 is 18.6 Å². The van der Waals surface area contributed by atoms with Crippen LogP contribution in [0.1, 0.15) is 86.0 Å². The molecule has 1 heterocycles. The van der Waals surface area contributed by atoms with Crippen molar-refractivity contribution in [1.29, 1.82) is 0 Å². The molecule has 0 spiro atoms. The number of carbonyl (C=O) groups excluding carboxylic acids is 1. The maximum absolute atomic E-state index is 14.0. The fourth-order valence-corrected chi connectivity index (χ4v) is 6.22. The molecule has 1 fully saturated rings. The average Bonchev–Trinajstić information content (AvgIpc) is 2.73. The van der Waals surface area contributed by atoms with E-state index < -0.39 is 13.3 Å². The maximum Gasteiger partial charge on any atom is 0.345 e. The van der Waals surface area contributed by atoms with E-state index in [1.807, 2.05) is 44.4 Å². The molecule has 0 aliphatic carbocycles. The number of ether oxygens (including phenoxy) is 1. The molecule has 1 rings (SSSR count). The molecule has 0 saturated carbocycles. The lowest BCUT2D eigenvalue weighted by atomic mass is 10.1. The summed E-state index contributed by atoms with van der Waals surface area (Å²) in [7, 11) is 0.542. The molecule has 0 aromatic heterocycles. The third kappa shape index (κ3) is 8.77. The fraction of sp³-hybridized carbons (Fsp3) is 0.957. The van der Waals surface area contributed by atoms with Gasteiger partial charge in [-0.25, -0.2) is 9.34 Å². The zero-order valence-corrected chi connectivity index (χ0v) is 22.1. The van der Waals surface area contributed by atoms with Gasteiger partial charge in [0.1, 0.15) is 5.60 Å². The number of hydrogen-bond donors (Lipinski definition) is 0. The van der Waals surface area contributed by atoms with Crippen molar-refractivity contribution in [2.75, 3.05) is 46.9 Å². The van der Waals surface area contributed by atoms with E-state index in [-0.39, 0.29) is 12.0 Å². The first-order valence-electron chi connectivity index (χ1n) is 12.3. The summed E-state index contributed by atoms with van der Waals surface area (Å²) in [6.07, 6.45) is 9.00. The molecule has 7 nitrogen and oxygen atoms in total. The van der Waals surface area contributed by atoms with Gasteiger partial charge >= 0.3 is 7.67 Å². The summed E-state index contributed by atoms with van der Waals surface area (Å²) in [4.78, 5) is 14.7. The molecule has 1 aliphatic heterocycles. The van der Waals surface area contributed by atoms with Gasteiger partial charge in [0.05, 0.1) is 6.10 Å². The summed E-state index contributed by atoms with van der Waals surface area (Å²) < 4.78 is 29.7. The van der Waals surface area contributed by atoms with Crippen molar-refractivity contribution in [2.24, 2.45) is 0 Å². The smallest absolute Gasteiger partial charge is 0.345 e. The lowest BCUT2D eigenvalue weighted by Crippen LogP contribution is -2.54. The van der Waals surface area contributed by atoms with Gasteiger partial charge in [0.25, 0.3) is 5.91 Å². The number of nitrogens with zero attached hydrogens (tertiary/aromatic N) is 3. The number of amides is 1. The van der Waals surface area contributed by atoms with Crippen LogP contribution in [0.2, 0.25) is 0 Å². The first-order chi connectivity index (χ1) is 14.6. The molecule has 0 aromatic carbocycles. The highest BCUT2D eigenvalue weighted by Crippen LogP contribution is 2.54. The van der Waals surface area contributed by atoms with Gasteiger partial charge in [-0.2, -0.15) is 0 Å². The number of carbonyl (C=O) groups is 1. The summed E-state index contributed by atoms with van der Waals surface area (Å²) in [6.45, 7) is 12.5. The second kappa shape index (κ2) is 13.9. The maximum atomic E-state index is 14.0. The summed E-state index contributed by atoms with van der Waals surface area (Å²) in [5, 5.41) is 0. The Morgan fingerprint density at radius 3 is 2.10 bits per heavy atom. The van der Waals surface area contributed by atoms with Gasteiger partial charge < -0.3 is 14.2 Å². The van der Waals surface area contributed by atoms with Crippen LogP contribution in [-0.4, -0.2) is 78.7 Å². The van der Waals surface area contributed by atoms with Crippen molar-refractivity contribution in [3.05, 3.63) is 0 Å². The van der Waals surface area contributed by atoms with Crippen molar-refractivity contribution in [3.8, 4) is 0 Å². The van der Waals surface area contributed by atoms with Crippen molar-refractivity contribution in [2.45, 2.75) is 97.7 Å². The molecule has 2 atom stereocenters. The second-order valence-corrected chi connectivity index (χ2v) is 11.8. The number of hydrogen-bond acceptors (Lipinski definition) is 4. The fourth-order valence-electron chi connectivity index (χ4n) is 4.11. The molecular formula is C23H48N3O4P. The zero-order valence-electron chi connectivity index (χ0n) is 21.2. The Hall–Kier alpha value is -0.460. The summed E-state index contributed by atoms with van der Waals surface area (Å²) in [5.74, 6) is -0.00876. The van der Waals surface area contributed by atoms with Crippen LogP contribution in [0.5, 0.6) is 0 Å². The van der Waals surface area contributed by atoms with Crippen LogP contribution in [-0.2, 0) is 18.6 Å². The molecule has 184 valence electrons. The lowest BCUT2D eigenvalue weighted by molar-refractivity contribution is -0.155. The highest BCUT2D eigenvalue weighted by molar-refractivity contribution is 7.53. The highest BCUT2D eigenvalue weighted by Gasteiger charge is 2.41. The first-order valence-corrected chi connectivity index (χ1v) is 13.8. The van der Waals surface area contributed by atoms with Crippen LogP contribution < -0.4 is 0 Å².